The number of Topliss-reactive ketones (excluding diaryl/α,β-unsaturated/α-hetero) is 1. The minimum atomic E-state index is -1.42. The summed E-state index contributed by atoms with van der Waals surface area (Å²) in [5.41, 5.74) is 0.831. The van der Waals surface area contributed by atoms with Crippen LogP contribution in [-0.4, -0.2) is 56.9 Å². The molecule has 1 aromatic heterocycles. The van der Waals surface area contributed by atoms with Crippen molar-refractivity contribution in [2.24, 2.45) is 0 Å². The molecule has 8 nitrogen and oxygen atoms in total. The van der Waals surface area contributed by atoms with Crippen LogP contribution in [0, 0.1) is 5.82 Å². The number of carbonyl (C=O) groups is 4. The zero-order valence-electron chi connectivity index (χ0n) is 19.1. The van der Waals surface area contributed by atoms with Gasteiger partial charge in [0.1, 0.15) is 24.6 Å². The Bertz CT molecular complexity index is 1390. The molecule has 2 atom stereocenters. The van der Waals surface area contributed by atoms with Crippen LogP contribution >= 0.6 is 11.6 Å². The fourth-order valence-corrected chi connectivity index (χ4v) is 4.57. The molecule has 0 radical (unpaired) electrons. The number of aromatic nitrogens is 1. The molecule has 1 aliphatic heterocycles. The van der Waals surface area contributed by atoms with Gasteiger partial charge in [-0.1, -0.05) is 23.7 Å². The van der Waals surface area contributed by atoms with E-state index in [4.69, 9.17) is 11.6 Å². The number of alkyl halides is 1. The normalized spacial score (nSPS) is 17.4. The molecule has 1 fully saturated rings. The lowest BCUT2D eigenvalue weighted by Gasteiger charge is -2.24. The molecule has 0 aliphatic carbocycles. The van der Waals surface area contributed by atoms with Crippen LogP contribution < -0.4 is 5.32 Å². The minimum Gasteiger partial charge on any atom is -0.478 e. The molecule has 0 saturated carbocycles. The lowest BCUT2D eigenvalue weighted by atomic mass is 10.1. The largest absolute Gasteiger partial charge is 0.478 e. The first-order valence-electron chi connectivity index (χ1n) is 11.1. The predicted molar refractivity (Wildman–Crippen MR) is 127 cm³/mol. The Balaban J connectivity index is 1.54. The molecule has 4 rings (SSSR count). The van der Waals surface area contributed by atoms with Gasteiger partial charge in [0.25, 0.3) is 0 Å². The van der Waals surface area contributed by atoms with Crippen molar-refractivity contribution in [1.82, 2.24) is 14.8 Å². The van der Waals surface area contributed by atoms with Crippen LogP contribution in [0.3, 0.4) is 0 Å². The highest BCUT2D eigenvalue weighted by atomic mass is 35.5. The zero-order chi connectivity index (χ0) is 26.1. The highest BCUT2D eigenvalue weighted by Gasteiger charge is 2.39. The van der Waals surface area contributed by atoms with Gasteiger partial charge in [-0.2, -0.15) is 0 Å². The van der Waals surface area contributed by atoms with Crippen molar-refractivity contribution in [2.75, 3.05) is 6.54 Å². The number of nitrogens with one attached hydrogen (secondary N) is 1. The third kappa shape index (κ3) is 4.94. The Hall–Kier alpha value is -3.79. The highest BCUT2D eigenvalue weighted by molar-refractivity contribution is 6.30. The van der Waals surface area contributed by atoms with E-state index in [1.54, 1.807) is 0 Å². The Morgan fingerprint density at radius 3 is 2.64 bits per heavy atom. The van der Waals surface area contributed by atoms with E-state index in [1.165, 1.54) is 54.1 Å². The second kappa shape index (κ2) is 10.1. The molecule has 1 aliphatic rings. The van der Waals surface area contributed by atoms with Gasteiger partial charge in [-0.3, -0.25) is 14.4 Å². The third-order valence-electron chi connectivity index (χ3n) is 6.17. The van der Waals surface area contributed by atoms with Crippen LogP contribution in [0.5, 0.6) is 0 Å². The topological polar surface area (TPSA) is 109 Å². The van der Waals surface area contributed by atoms with Gasteiger partial charge in [0.2, 0.25) is 11.8 Å². The van der Waals surface area contributed by atoms with Gasteiger partial charge in [-0.25, -0.2) is 13.6 Å². The Morgan fingerprint density at radius 2 is 1.94 bits per heavy atom. The Morgan fingerprint density at radius 1 is 1.19 bits per heavy atom. The predicted octanol–water partition coefficient (Wildman–Crippen LogP) is 3.59. The van der Waals surface area contributed by atoms with Gasteiger partial charge in [-0.15, -0.1) is 0 Å². The molecule has 2 aromatic carbocycles. The van der Waals surface area contributed by atoms with Gasteiger partial charge in [0.05, 0.1) is 17.1 Å². The average Bonchev–Trinajstić information content (AvgIpc) is 3.40. The summed E-state index contributed by atoms with van der Waals surface area (Å²) in [6.45, 7) is 0.558. The summed E-state index contributed by atoms with van der Waals surface area (Å²) in [6, 6.07) is 7.47. The van der Waals surface area contributed by atoms with Crippen molar-refractivity contribution >= 4 is 46.1 Å². The maximum Gasteiger partial charge on any atom is 0.335 e. The van der Waals surface area contributed by atoms with E-state index in [2.05, 4.69) is 5.32 Å². The van der Waals surface area contributed by atoms with Crippen molar-refractivity contribution in [3.05, 3.63) is 70.1 Å². The van der Waals surface area contributed by atoms with Gasteiger partial charge >= 0.3 is 5.97 Å². The van der Waals surface area contributed by atoms with Crippen LogP contribution in [0.2, 0.25) is 5.02 Å². The number of fused-ring (bicyclic) bond motifs is 1. The van der Waals surface area contributed by atoms with Crippen LogP contribution in [0.25, 0.3) is 10.9 Å². The van der Waals surface area contributed by atoms with E-state index in [0.29, 0.717) is 10.9 Å². The van der Waals surface area contributed by atoms with Crippen LogP contribution in [-0.2, 0) is 22.7 Å². The number of rotatable bonds is 7. The van der Waals surface area contributed by atoms with Crippen molar-refractivity contribution < 1.29 is 33.1 Å². The molecule has 188 valence electrons. The molecule has 11 heteroatoms. The van der Waals surface area contributed by atoms with E-state index in [-0.39, 0.29) is 53.6 Å². The van der Waals surface area contributed by atoms with Crippen molar-refractivity contribution in [1.29, 1.82) is 0 Å². The quantitative estimate of drug-likeness (QED) is 0.466. The Labute approximate surface area is 209 Å². The maximum absolute atomic E-state index is 14.3. The SMILES string of the molecule is CC(=O)c1cn(CC(=O)N2CC(F)CC2C(=O)NCc2cccc(Cl)c2F)c2ccc(C(=O)O)cc12. The van der Waals surface area contributed by atoms with Gasteiger partial charge in [-0.05, 0) is 31.2 Å². The molecule has 0 bridgehead atoms. The number of halogens is 3. The summed E-state index contributed by atoms with van der Waals surface area (Å²) in [7, 11) is 0. The van der Waals surface area contributed by atoms with Crippen LogP contribution in [0.1, 0.15) is 39.6 Å². The third-order valence-corrected chi connectivity index (χ3v) is 6.46. The van der Waals surface area contributed by atoms with E-state index in [9.17, 15) is 33.1 Å². The number of hydrogen-bond donors (Lipinski definition) is 2. The number of benzene rings is 2. The minimum absolute atomic E-state index is 0.0123. The smallest absolute Gasteiger partial charge is 0.335 e. The molecule has 1 saturated heterocycles. The average molecular weight is 518 g/mol. The number of carboxylic acid groups (broad SMARTS) is 1. The summed E-state index contributed by atoms with van der Waals surface area (Å²) in [6.07, 6.45) is -0.181. The molecule has 2 N–H and O–H groups in total. The number of amides is 2. The van der Waals surface area contributed by atoms with E-state index >= 15 is 0 Å². The first kappa shape index (κ1) is 25.3. The summed E-state index contributed by atoms with van der Waals surface area (Å²) in [5, 5.41) is 12.1. The molecule has 2 unspecified atom stereocenters. The summed E-state index contributed by atoms with van der Waals surface area (Å²) < 4.78 is 29.9. The first-order valence-corrected chi connectivity index (χ1v) is 11.5. The standard InChI is InChI=1S/C25H22ClF2N3O5/c1-13(32)18-11-30(20-6-5-14(25(35)36)7-17(18)20)12-22(33)31-10-16(27)8-21(31)24(34)29-9-15-3-2-4-19(26)23(15)28/h2-7,11,16,21H,8-10,12H2,1H3,(H,29,34)(H,35,36). The monoisotopic (exact) mass is 517 g/mol. The zero-order valence-corrected chi connectivity index (χ0v) is 19.9. The molecule has 2 heterocycles. The van der Waals surface area contributed by atoms with Gasteiger partial charge < -0.3 is 19.9 Å². The summed E-state index contributed by atoms with van der Waals surface area (Å²) >= 11 is 5.76. The van der Waals surface area contributed by atoms with Crippen LogP contribution in [0.15, 0.2) is 42.6 Å². The first-order chi connectivity index (χ1) is 17.1. The van der Waals surface area contributed by atoms with E-state index in [1.807, 2.05) is 0 Å². The lowest BCUT2D eigenvalue weighted by molar-refractivity contribution is -0.139. The molecule has 3 aromatic rings. The molecular weight excluding hydrogens is 496 g/mol. The summed E-state index contributed by atoms with van der Waals surface area (Å²) in [5.74, 6) is -3.33. The van der Waals surface area contributed by atoms with E-state index < -0.39 is 35.8 Å². The number of carboxylic acids is 1. The fourth-order valence-electron chi connectivity index (χ4n) is 4.37. The Kier molecular flexibility index (Phi) is 7.07. The van der Waals surface area contributed by atoms with E-state index in [0.717, 1.165) is 4.90 Å². The lowest BCUT2D eigenvalue weighted by Crippen LogP contribution is -2.46. The second-order valence-electron chi connectivity index (χ2n) is 8.59. The summed E-state index contributed by atoms with van der Waals surface area (Å²) in [4.78, 5) is 50.5. The van der Waals surface area contributed by atoms with Crippen molar-refractivity contribution in [2.45, 2.75) is 38.6 Å². The molecule has 0 spiro atoms. The maximum atomic E-state index is 14.3. The molecular formula is C25H22ClF2N3O5. The number of carbonyl (C=O) groups excluding carboxylic acids is 3. The number of likely N-dealkylation sites (tertiary alicyclic amines) is 1. The molecule has 2 amide bonds. The highest BCUT2D eigenvalue weighted by Crippen LogP contribution is 2.26. The van der Waals surface area contributed by atoms with Gasteiger partial charge in [0, 0.05) is 41.2 Å². The number of aromatic carboxylic acids is 1. The van der Waals surface area contributed by atoms with Gasteiger partial charge in [0.15, 0.2) is 5.78 Å². The van der Waals surface area contributed by atoms with Crippen molar-refractivity contribution in [3.8, 4) is 0 Å². The second-order valence-corrected chi connectivity index (χ2v) is 9.00. The molecule has 36 heavy (non-hydrogen) atoms. The van der Waals surface area contributed by atoms with Crippen molar-refractivity contribution in [3.63, 3.8) is 0 Å². The van der Waals surface area contributed by atoms with Crippen LogP contribution in [0.4, 0.5) is 8.78 Å². The number of ketones is 1. The number of nitrogens with zero attached hydrogens (tertiary/aromatic N) is 2. The fraction of sp³-hybridized carbons (Fsp3) is 0.280. The number of hydrogen-bond acceptors (Lipinski definition) is 4.